The Bertz CT molecular complexity index is 1890. The molecule has 3 aromatic heterocycles. The molecule has 3 fully saturated rings. The molecular weight excluding hydrogens is 622 g/mol. The highest BCUT2D eigenvalue weighted by Crippen LogP contribution is 2.52. The first kappa shape index (κ1) is 30.5. The number of aryl methyl sites for hydroxylation is 1. The van der Waals surface area contributed by atoms with E-state index in [1.165, 1.54) is 0 Å². The van der Waals surface area contributed by atoms with E-state index in [0.717, 1.165) is 35.3 Å². The standard InChI is InChI=1S/C34H36F2N8O4/c1-20-27(42-48-41-20)29(45)40-28(21-7-9-34(35,36)10-8-21)30(46)38-24-6-5-22-15-33(16-23(22)14-24,25-17-43-13-3-2-4-26(43)39-25)44-19-32(11-12-32)18-37-31(44)47/h2-6,13-14,17,21,28H,7-12,15-16,18-19H2,1H3,(H,37,47)(H,38,46)(H,40,45)/t28-,33?/m0/s1. The third-order valence-electron chi connectivity index (χ3n) is 10.8. The van der Waals surface area contributed by atoms with Crippen molar-refractivity contribution in [3.63, 3.8) is 0 Å². The van der Waals surface area contributed by atoms with Gasteiger partial charge in [0, 0.05) is 62.3 Å². The summed E-state index contributed by atoms with van der Waals surface area (Å²) in [5, 5.41) is 16.1. The summed E-state index contributed by atoms with van der Waals surface area (Å²) in [4.78, 5) is 47.4. The van der Waals surface area contributed by atoms with Crippen LogP contribution in [0.3, 0.4) is 0 Å². The maximum absolute atomic E-state index is 14.1. The van der Waals surface area contributed by atoms with Gasteiger partial charge in [0.25, 0.3) is 5.91 Å². The first-order valence-corrected chi connectivity index (χ1v) is 16.4. The van der Waals surface area contributed by atoms with Crippen LogP contribution in [0.25, 0.3) is 5.65 Å². The van der Waals surface area contributed by atoms with Crippen LogP contribution in [0.1, 0.15) is 71.5 Å². The van der Waals surface area contributed by atoms with Crippen molar-refractivity contribution < 1.29 is 27.8 Å². The molecule has 0 bridgehead atoms. The number of anilines is 1. The van der Waals surface area contributed by atoms with Gasteiger partial charge in [0.15, 0.2) is 5.69 Å². The van der Waals surface area contributed by atoms with Gasteiger partial charge in [0.1, 0.15) is 17.4 Å². The zero-order valence-electron chi connectivity index (χ0n) is 26.5. The van der Waals surface area contributed by atoms with Gasteiger partial charge in [-0.3, -0.25) is 9.59 Å². The molecule has 0 radical (unpaired) electrons. The zero-order chi connectivity index (χ0) is 33.3. The minimum Gasteiger partial charge on any atom is -0.338 e. The predicted octanol–water partition coefficient (Wildman–Crippen LogP) is 4.39. The van der Waals surface area contributed by atoms with Crippen LogP contribution in [0.15, 0.2) is 53.4 Å². The van der Waals surface area contributed by atoms with Crippen LogP contribution in [-0.2, 0) is 23.2 Å². The average Bonchev–Trinajstić information content (AvgIpc) is 3.37. The van der Waals surface area contributed by atoms with Crippen LogP contribution in [0.4, 0.5) is 19.3 Å². The van der Waals surface area contributed by atoms with Gasteiger partial charge < -0.3 is 25.3 Å². The maximum Gasteiger partial charge on any atom is 0.318 e. The molecule has 4 amide bonds. The van der Waals surface area contributed by atoms with E-state index in [-0.39, 0.29) is 48.5 Å². The van der Waals surface area contributed by atoms with Crippen LogP contribution in [-0.4, -0.2) is 67.5 Å². The molecule has 4 aliphatic rings. The first-order valence-electron chi connectivity index (χ1n) is 16.4. The number of pyridine rings is 1. The highest BCUT2D eigenvalue weighted by Gasteiger charge is 2.56. The fourth-order valence-corrected chi connectivity index (χ4v) is 7.74. The van der Waals surface area contributed by atoms with E-state index in [0.29, 0.717) is 31.6 Å². The van der Waals surface area contributed by atoms with Crippen LogP contribution in [0, 0.1) is 18.3 Å². The molecule has 1 aromatic carbocycles. The summed E-state index contributed by atoms with van der Waals surface area (Å²) in [6, 6.07) is 10.3. The molecule has 250 valence electrons. The van der Waals surface area contributed by atoms with Gasteiger partial charge >= 0.3 is 6.03 Å². The normalized spacial score (nSPS) is 23.5. The Morgan fingerprint density at radius 2 is 1.85 bits per heavy atom. The Kier molecular flexibility index (Phi) is 7.04. The van der Waals surface area contributed by atoms with Crippen molar-refractivity contribution in [2.75, 3.05) is 18.4 Å². The van der Waals surface area contributed by atoms with Crippen LogP contribution < -0.4 is 16.0 Å². The molecule has 1 unspecified atom stereocenters. The first-order chi connectivity index (χ1) is 23.0. The second-order valence-corrected chi connectivity index (χ2v) is 14.0. The number of alkyl halides is 2. The number of fused-ring (bicyclic) bond motifs is 2. The minimum atomic E-state index is -2.80. The summed E-state index contributed by atoms with van der Waals surface area (Å²) in [5.74, 6) is -4.47. The molecule has 2 atom stereocenters. The average molecular weight is 659 g/mol. The molecule has 1 saturated heterocycles. The molecule has 8 rings (SSSR count). The number of imidazole rings is 1. The molecule has 4 aromatic rings. The third kappa shape index (κ3) is 5.36. The van der Waals surface area contributed by atoms with Crippen molar-refractivity contribution in [1.82, 2.24) is 35.2 Å². The summed E-state index contributed by atoms with van der Waals surface area (Å²) in [6.45, 7) is 2.87. The Morgan fingerprint density at radius 1 is 1.06 bits per heavy atom. The van der Waals surface area contributed by atoms with E-state index in [9.17, 15) is 23.2 Å². The van der Waals surface area contributed by atoms with Gasteiger partial charge in [0.2, 0.25) is 11.8 Å². The van der Waals surface area contributed by atoms with Crippen molar-refractivity contribution in [2.24, 2.45) is 11.3 Å². The number of hydrogen-bond donors (Lipinski definition) is 3. The summed E-state index contributed by atoms with van der Waals surface area (Å²) in [5.41, 5.74) is 3.65. The highest BCUT2D eigenvalue weighted by molar-refractivity contribution is 6.01. The van der Waals surface area contributed by atoms with E-state index in [2.05, 4.69) is 30.9 Å². The zero-order valence-corrected chi connectivity index (χ0v) is 26.5. The molecule has 4 heterocycles. The van der Waals surface area contributed by atoms with E-state index in [4.69, 9.17) is 4.98 Å². The van der Waals surface area contributed by atoms with Gasteiger partial charge in [-0.1, -0.05) is 17.3 Å². The van der Waals surface area contributed by atoms with Crippen LogP contribution >= 0.6 is 0 Å². The number of hydrogen-bond acceptors (Lipinski definition) is 7. The number of amides is 4. The lowest BCUT2D eigenvalue weighted by atomic mass is 9.81. The highest BCUT2D eigenvalue weighted by atomic mass is 19.3. The molecule has 1 aliphatic heterocycles. The number of carbonyl (C=O) groups excluding carboxylic acids is 3. The monoisotopic (exact) mass is 658 g/mol. The van der Waals surface area contributed by atoms with E-state index in [1.54, 1.807) is 13.0 Å². The van der Waals surface area contributed by atoms with Gasteiger partial charge in [-0.2, -0.15) is 0 Å². The molecule has 12 nitrogen and oxygen atoms in total. The third-order valence-corrected chi connectivity index (χ3v) is 10.8. The Balaban J connectivity index is 1.08. The van der Waals surface area contributed by atoms with Crippen molar-refractivity contribution in [1.29, 1.82) is 0 Å². The molecule has 3 N–H and O–H groups in total. The molecule has 14 heteroatoms. The summed E-state index contributed by atoms with van der Waals surface area (Å²) in [7, 11) is 0. The van der Waals surface area contributed by atoms with E-state index < -0.39 is 35.2 Å². The lowest BCUT2D eigenvalue weighted by molar-refractivity contribution is -0.121. The second-order valence-electron chi connectivity index (χ2n) is 14.0. The molecular formula is C34H36F2N8O4. The predicted molar refractivity (Wildman–Crippen MR) is 168 cm³/mol. The van der Waals surface area contributed by atoms with Gasteiger partial charge in [-0.25, -0.2) is 23.2 Å². The molecule has 3 aliphatic carbocycles. The van der Waals surface area contributed by atoms with Crippen molar-refractivity contribution in [2.45, 2.75) is 75.8 Å². The number of aromatic nitrogens is 4. The van der Waals surface area contributed by atoms with Gasteiger partial charge in [-0.05, 0) is 79.1 Å². The number of urea groups is 1. The number of rotatable bonds is 7. The second kappa shape index (κ2) is 11.1. The molecule has 2 saturated carbocycles. The summed E-state index contributed by atoms with van der Waals surface area (Å²) in [6.07, 6.45) is 6.55. The molecule has 48 heavy (non-hydrogen) atoms. The number of nitrogens with one attached hydrogen (secondary N) is 3. The lowest BCUT2D eigenvalue weighted by Crippen LogP contribution is -2.61. The molecule has 1 spiro atoms. The Hall–Kier alpha value is -4.88. The quantitative estimate of drug-likeness (QED) is 0.267. The fraction of sp³-hybridized carbons (Fsp3) is 0.471. The van der Waals surface area contributed by atoms with Crippen LogP contribution in [0.5, 0.6) is 0 Å². The van der Waals surface area contributed by atoms with E-state index >= 15 is 0 Å². The lowest BCUT2D eigenvalue weighted by Gasteiger charge is -2.45. The number of carbonyl (C=O) groups is 3. The Labute approximate surface area is 274 Å². The number of halogens is 2. The smallest absolute Gasteiger partial charge is 0.318 e. The Morgan fingerprint density at radius 3 is 2.58 bits per heavy atom. The van der Waals surface area contributed by atoms with Crippen molar-refractivity contribution >= 4 is 29.2 Å². The van der Waals surface area contributed by atoms with Crippen LogP contribution in [0.2, 0.25) is 0 Å². The minimum absolute atomic E-state index is 0.0653. The fourth-order valence-electron chi connectivity index (χ4n) is 7.74. The topological polar surface area (TPSA) is 147 Å². The maximum atomic E-state index is 14.1. The number of nitrogens with zero attached hydrogens (tertiary/aromatic N) is 5. The van der Waals surface area contributed by atoms with E-state index in [1.807, 2.05) is 52.0 Å². The SMILES string of the molecule is Cc1nonc1C(=O)N[C@H](C(=O)Nc1ccc2c(c1)CC(c1cn3ccccc3n1)(N1CC3(CC3)CNC1=O)C2)C1CCC(F)(F)CC1. The number of benzene rings is 1. The summed E-state index contributed by atoms with van der Waals surface area (Å²) >= 11 is 0. The van der Waals surface area contributed by atoms with Crippen molar-refractivity contribution in [3.05, 3.63) is 77.0 Å². The summed E-state index contributed by atoms with van der Waals surface area (Å²) < 4.78 is 34.7. The van der Waals surface area contributed by atoms with Gasteiger partial charge in [0.05, 0.1) is 11.2 Å². The largest absolute Gasteiger partial charge is 0.338 e. The van der Waals surface area contributed by atoms with Crippen molar-refractivity contribution in [3.8, 4) is 0 Å². The van der Waals surface area contributed by atoms with Gasteiger partial charge in [-0.15, -0.1) is 0 Å².